The third kappa shape index (κ3) is 6.58. The first kappa shape index (κ1) is 12.4. The molecule has 78 valence electrons. The van der Waals surface area contributed by atoms with Crippen molar-refractivity contribution in [1.82, 2.24) is 10.2 Å². The van der Waals surface area contributed by atoms with Crippen molar-refractivity contribution in [3.8, 4) is 0 Å². The number of carbonyl (C=O) groups excluding carboxylic acids is 1. The quantitative estimate of drug-likeness (QED) is 0.578. The van der Waals surface area contributed by atoms with E-state index >= 15 is 0 Å². The van der Waals surface area contributed by atoms with Crippen LogP contribution in [0.1, 0.15) is 33.6 Å². The zero-order valence-electron chi connectivity index (χ0n) is 9.05. The van der Waals surface area contributed by atoms with E-state index < -0.39 is 0 Å². The molecule has 0 rings (SSSR count). The van der Waals surface area contributed by atoms with E-state index in [0.717, 1.165) is 38.9 Å². The summed E-state index contributed by atoms with van der Waals surface area (Å²) in [4.78, 5) is 12.5. The number of nitrogens with zero attached hydrogens (tertiary/aromatic N) is 1. The summed E-state index contributed by atoms with van der Waals surface area (Å²) in [7, 11) is 0. The second kappa shape index (κ2) is 8.05. The Morgan fingerprint density at radius 2 is 2.00 bits per heavy atom. The van der Waals surface area contributed by atoms with E-state index in [1.807, 2.05) is 6.92 Å². The molecule has 0 aliphatic heterocycles. The molecule has 0 saturated heterocycles. The molecule has 0 aliphatic carbocycles. The van der Waals surface area contributed by atoms with E-state index in [1.54, 1.807) is 0 Å². The first-order chi connectivity index (χ1) is 6.24. The van der Waals surface area contributed by atoms with E-state index in [1.165, 1.54) is 0 Å². The van der Waals surface area contributed by atoms with E-state index in [2.05, 4.69) is 24.1 Å². The van der Waals surface area contributed by atoms with Gasteiger partial charge < -0.3 is 10.2 Å². The predicted octanol–water partition coefficient (Wildman–Crippen LogP) is 1.24. The second-order valence-electron chi connectivity index (χ2n) is 3.35. The van der Waals surface area contributed by atoms with Gasteiger partial charge in [0.1, 0.15) is 0 Å². The Morgan fingerprint density at radius 1 is 1.38 bits per heavy atom. The van der Waals surface area contributed by atoms with E-state index in [-0.39, 0.29) is 0 Å². The number of amides is 1. The van der Waals surface area contributed by atoms with Gasteiger partial charge in [0.2, 0.25) is 6.41 Å². The van der Waals surface area contributed by atoms with Gasteiger partial charge in [0, 0.05) is 6.04 Å². The molecule has 0 aliphatic rings. The first-order valence-corrected chi connectivity index (χ1v) is 5.16. The molecule has 0 spiro atoms. The Hall–Kier alpha value is -0.570. The topological polar surface area (TPSA) is 32.3 Å². The Balaban J connectivity index is 3.36. The Morgan fingerprint density at radius 3 is 2.46 bits per heavy atom. The monoisotopic (exact) mass is 186 g/mol. The highest BCUT2D eigenvalue weighted by atomic mass is 16.1. The van der Waals surface area contributed by atoms with Crippen LogP contribution >= 0.6 is 0 Å². The molecule has 1 atom stereocenters. The third-order valence-electron chi connectivity index (χ3n) is 2.36. The SMILES string of the molecule is CCN(CC)CCCC(C)NC=O. The van der Waals surface area contributed by atoms with Gasteiger partial charge in [-0.1, -0.05) is 13.8 Å². The number of carbonyl (C=O) groups is 1. The van der Waals surface area contributed by atoms with Crippen LogP contribution in [-0.4, -0.2) is 37.0 Å². The second-order valence-corrected chi connectivity index (χ2v) is 3.35. The maximum absolute atomic E-state index is 10.1. The van der Waals surface area contributed by atoms with Crippen molar-refractivity contribution in [2.24, 2.45) is 0 Å². The summed E-state index contributed by atoms with van der Waals surface area (Å²) < 4.78 is 0. The van der Waals surface area contributed by atoms with Crippen molar-refractivity contribution in [3.63, 3.8) is 0 Å². The molecule has 1 amide bonds. The Bertz CT molecular complexity index is 124. The van der Waals surface area contributed by atoms with Crippen LogP contribution in [-0.2, 0) is 4.79 Å². The molecule has 0 aromatic rings. The van der Waals surface area contributed by atoms with Gasteiger partial charge in [-0.25, -0.2) is 0 Å². The van der Waals surface area contributed by atoms with E-state index in [0.29, 0.717) is 6.04 Å². The molecular weight excluding hydrogens is 164 g/mol. The summed E-state index contributed by atoms with van der Waals surface area (Å²) in [6.45, 7) is 9.76. The fraction of sp³-hybridized carbons (Fsp3) is 0.900. The molecule has 0 fully saturated rings. The lowest BCUT2D eigenvalue weighted by Gasteiger charge is -2.18. The van der Waals surface area contributed by atoms with Crippen LogP contribution in [0.15, 0.2) is 0 Å². The first-order valence-electron chi connectivity index (χ1n) is 5.16. The number of rotatable bonds is 8. The standard InChI is InChI=1S/C10H22N2O/c1-4-12(5-2)8-6-7-10(3)11-9-13/h9-10H,4-8H2,1-3H3,(H,11,13). The minimum Gasteiger partial charge on any atom is -0.356 e. The molecule has 3 heteroatoms. The minimum atomic E-state index is 0.313. The zero-order chi connectivity index (χ0) is 10.1. The summed E-state index contributed by atoms with van der Waals surface area (Å²) >= 11 is 0. The van der Waals surface area contributed by atoms with Crippen molar-refractivity contribution < 1.29 is 4.79 Å². The fourth-order valence-electron chi connectivity index (χ4n) is 1.36. The van der Waals surface area contributed by atoms with Gasteiger partial charge in [-0.05, 0) is 39.4 Å². The van der Waals surface area contributed by atoms with Crippen LogP contribution < -0.4 is 5.32 Å². The molecule has 0 heterocycles. The maximum Gasteiger partial charge on any atom is 0.207 e. The van der Waals surface area contributed by atoms with Gasteiger partial charge in [-0.2, -0.15) is 0 Å². The van der Waals surface area contributed by atoms with Crippen molar-refractivity contribution in [1.29, 1.82) is 0 Å². The van der Waals surface area contributed by atoms with Crippen molar-refractivity contribution in [3.05, 3.63) is 0 Å². The van der Waals surface area contributed by atoms with Crippen LogP contribution in [0, 0.1) is 0 Å². The molecule has 1 unspecified atom stereocenters. The molecule has 0 aromatic carbocycles. The maximum atomic E-state index is 10.1. The normalized spacial score (nSPS) is 12.9. The van der Waals surface area contributed by atoms with Gasteiger partial charge in [0.05, 0.1) is 0 Å². The van der Waals surface area contributed by atoms with Crippen molar-refractivity contribution in [2.45, 2.75) is 39.7 Å². The van der Waals surface area contributed by atoms with Crippen molar-refractivity contribution >= 4 is 6.41 Å². The minimum absolute atomic E-state index is 0.313. The lowest BCUT2D eigenvalue weighted by molar-refractivity contribution is -0.110. The number of hydrogen-bond acceptors (Lipinski definition) is 2. The molecular formula is C10H22N2O. The lowest BCUT2D eigenvalue weighted by Crippen LogP contribution is -2.28. The molecule has 1 N–H and O–H groups in total. The molecule has 13 heavy (non-hydrogen) atoms. The fourth-order valence-corrected chi connectivity index (χ4v) is 1.36. The Kier molecular flexibility index (Phi) is 7.69. The van der Waals surface area contributed by atoms with Gasteiger partial charge >= 0.3 is 0 Å². The summed E-state index contributed by atoms with van der Waals surface area (Å²) in [6.07, 6.45) is 3.00. The van der Waals surface area contributed by atoms with E-state index in [4.69, 9.17) is 0 Å². The molecule has 0 saturated carbocycles. The van der Waals surface area contributed by atoms with Crippen LogP contribution in [0.25, 0.3) is 0 Å². The molecule has 0 aromatic heterocycles. The van der Waals surface area contributed by atoms with Gasteiger partial charge in [-0.3, -0.25) is 4.79 Å². The van der Waals surface area contributed by atoms with Crippen LogP contribution in [0.4, 0.5) is 0 Å². The van der Waals surface area contributed by atoms with E-state index in [9.17, 15) is 4.79 Å². The zero-order valence-corrected chi connectivity index (χ0v) is 9.05. The van der Waals surface area contributed by atoms with Gasteiger partial charge in [0.25, 0.3) is 0 Å². The molecule has 3 nitrogen and oxygen atoms in total. The summed E-state index contributed by atoms with van der Waals surface area (Å²) in [5.41, 5.74) is 0. The summed E-state index contributed by atoms with van der Waals surface area (Å²) in [5.74, 6) is 0. The van der Waals surface area contributed by atoms with Crippen molar-refractivity contribution in [2.75, 3.05) is 19.6 Å². The number of nitrogens with one attached hydrogen (secondary N) is 1. The van der Waals surface area contributed by atoms with Crippen LogP contribution in [0.2, 0.25) is 0 Å². The lowest BCUT2D eigenvalue weighted by atomic mass is 10.2. The van der Waals surface area contributed by atoms with Crippen LogP contribution in [0.5, 0.6) is 0 Å². The molecule has 0 bridgehead atoms. The van der Waals surface area contributed by atoms with Gasteiger partial charge in [-0.15, -0.1) is 0 Å². The summed E-state index contributed by atoms with van der Waals surface area (Å²) in [5, 5.41) is 2.76. The third-order valence-corrected chi connectivity index (χ3v) is 2.36. The highest BCUT2D eigenvalue weighted by Gasteiger charge is 2.01. The predicted molar refractivity (Wildman–Crippen MR) is 55.7 cm³/mol. The highest BCUT2D eigenvalue weighted by molar-refractivity contribution is 5.46. The average Bonchev–Trinajstić information content (AvgIpc) is 2.13. The highest BCUT2D eigenvalue weighted by Crippen LogP contribution is 1.98. The molecule has 0 radical (unpaired) electrons. The largest absolute Gasteiger partial charge is 0.356 e. The average molecular weight is 186 g/mol. The van der Waals surface area contributed by atoms with Gasteiger partial charge in [0.15, 0.2) is 0 Å². The summed E-state index contributed by atoms with van der Waals surface area (Å²) in [6, 6.07) is 0.313. The van der Waals surface area contributed by atoms with Crippen LogP contribution in [0.3, 0.4) is 0 Å². The number of hydrogen-bond donors (Lipinski definition) is 1. The smallest absolute Gasteiger partial charge is 0.207 e. The Labute approximate surface area is 81.5 Å².